The molecule has 1 aromatic carbocycles. The van der Waals surface area contributed by atoms with Gasteiger partial charge >= 0.3 is 0 Å². The van der Waals surface area contributed by atoms with Gasteiger partial charge in [0.2, 0.25) is 0 Å². The van der Waals surface area contributed by atoms with E-state index >= 15 is 0 Å². The summed E-state index contributed by atoms with van der Waals surface area (Å²) in [6.07, 6.45) is 4.56. The normalized spacial score (nSPS) is 12.1. The second-order valence-corrected chi connectivity index (χ2v) is 4.86. The van der Waals surface area contributed by atoms with Crippen molar-refractivity contribution in [1.29, 1.82) is 0 Å². The lowest BCUT2D eigenvalue weighted by Crippen LogP contribution is -2.01. The van der Waals surface area contributed by atoms with E-state index in [-0.39, 0.29) is 0 Å². The van der Waals surface area contributed by atoms with Crippen LogP contribution in [0.4, 0.5) is 5.69 Å². The Morgan fingerprint density at radius 2 is 2.33 bits per heavy atom. The average molecular weight is 223 g/mol. The SMILES string of the molecule is C=CCCNc1cccc(C[S@@](C)=O)c1. The van der Waals surface area contributed by atoms with Crippen LogP contribution in [0.1, 0.15) is 12.0 Å². The zero-order chi connectivity index (χ0) is 11.1. The van der Waals surface area contributed by atoms with Crippen LogP contribution < -0.4 is 5.32 Å². The zero-order valence-corrected chi connectivity index (χ0v) is 9.85. The number of benzene rings is 1. The minimum absolute atomic E-state index is 0.622. The van der Waals surface area contributed by atoms with Crippen molar-refractivity contribution in [3.8, 4) is 0 Å². The van der Waals surface area contributed by atoms with Gasteiger partial charge in [0.25, 0.3) is 0 Å². The maximum absolute atomic E-state index is 11.1. The lowest BCUT2D eigenvalue weighted by molar-refractivity contribution is 0.686. The molecule has 0 heterocycles. The van der Waals surface area contributed by atoms with E-state index in [0.717, 1.165) is 24.2 Å². The molecule has 1 N–H and O–H groups in total. The summed E-state index contributed by atoms with van der Waals surface area (Å²) in [5.74, 6) is 0.622. The molecule has 2 nitrogen and oxygen atoms in total. The number of hydrogen-bond acceptors (Lipinski definition) is 2. The van der Waals surface area contributed by atoms with Crippen molar-refractivity contribution in [3.05, 3.63) is 42.5 Å². The summed E-state index contributed by atoms with van der Waals surface area (Å²) in [6, 6.07) is 8.05. The molecule has 0 aliphatic heterocycles. The lowest BCUT2D eigenvalue weighted by Gasteiger charge is -2.06. The summed E-state index contributed by atoms with van der Waals surface area (Å²) >= 11 is 0. The van der Waals surface area contributed by atoms with Crippen LogP contribution >= 0.6 is 0 Å². The van der Waals surface area contributed by atoms with Gasteiger partial charge in [0, 0.05) is 35.0 Å². The fourth-order valence-corrected chi connectivity index (χ4v) is 1.97. The Hall–Kier alpha value is -1.09. The van der Waals surface area contributed by atoms with Gasteiger partial charge in [0.1, 0.15) is 0 Å². The van der Waals surface area contributed by atoms with Gasteiger partial charge in [-0.25, -0.2) is 0 Å². The van der Waals surface area contributed by atoms with E-state index < -0.39 is 10.8 Å². The molecule has 0 aromatic heterocycles. The molecule has 1 aromatic rings. The first-order chi connectivity index (χ1) is 7.22. The van der Waals surface area contributed by atoms with Gasteiger partial charge in [0.05, 0.1) is 0 Å². The van der Waals surface area contributed by atoms with Gasteiger partial charge in [-0.05, 0) is 24.1 Å². The van der Waals surface area contributed by atoms with Gasteiger partial charge in [-0.3, -0.25) is 4.21 Å². The van der Waals surface area contributed by atoms with Crippen LogP contribution in [-0.2, 0) is 16.6 Å². The molecular weight excluding hydrogens is 206 g/mol. The van der Waals surface area contributed by atoms with Crippen LogP contribution in [0, 0.1) is 0 Å². The maximum atomic E-state index is 11.1. The molecule has 0 bridgehead atoms. The van der Waals surface area contributed by atoms with Crippen molar-refractivity contribution in [2.75, 3.05) is 18.1 Å². The first-order valence-electron chi connectivity index (χ1n) is 4.96. The summed E-state index contributed by atoms with van der Waals surface area (Å²) in [7, 11) is -0.776. The Balaban J connectivity index is 2.57. The van der Waals surface area contributed by atoms with E-state index in [9.17, 15) is 4.21 Å². The predicted octanol–water partition coefficient (Wildman–Crippen LogP) is 2.55. The molecule has 0 aliphatic rings. The third-order valence-corrected chi connectivity index (χ3v) is 2.71. The molecule has 0 spiro atoms. The van der Waals surface area contributed by atoms with E-state index in [4.69, 9.17) is 0 Å². The molecule has 1 rings (SSSR count). The quantitative estimate of drug-likeness (QED) is 0.593. The highest BCUT2D eigenvalue weighted by molar-refractivity contribution is 7.83. The average Bonchev–Trinajstić information content (AvgIpc) is 2.18. The number of anilines is 1. The Bertz CT molecular complexity index is 349. The minimum Gasteiger partial charge on any atom is -0.385 e. The van der Waals surface area contributed by atoms with Crippen molar-refractivity contribution in [2.45, 2.75) is 12.2 Å². The fraction of sp³-hybridized carbons (Fsp3) is 0.333. The monoisotopic (exact) mass is 223 g/mol. The smallest absolute Gasteiger partial charge is 0.0483 e. The van der Waals surface area contributed by atoms with Gasteiger partial charge in [-0.2, -0.15) is 0 Å². The fourth-order valence-electron chi connectivity index (χ4n) is 1.32. The lowest BCUT2D eigenvalue weighted by atomic mass is 10.2. The van der Waals surface area contributed by atoms with E-state index in [1.165, 1.54) is 0 Å². The van der Waals surface area contributed by atoms with E-state index in [1.807, 2.05) is 30.3 Å². The highest BCUT2D eigenvalue weighted by Crippen LogP contribution is 2.11. The summed E-state index contributed by atoms with van der Waals surface area (Å²) in [5.41, 5.74) is 2.19. The summed E-state index contributed by atoms with van der Waals surface area (Å²) in [5, 5.41) is 3.29. The highest BCUT2D eigenvalue weighted by atomic mass is 32.2. The van der Waals surface area contributed by atoms with Gasteiger partial charge < -0.3 is 5.32 Å². The van der Waals surface area contributed by atoms with Gasteiger partial charge in [-0.15, -0.1) is 6.58 Å². The summed E-state index contributed by atoms with van der Waals surface area (Å²) < 4.78 is 11.1. The molecule has 15 heavy (non-hydrogen) atoms. The third-order valence-electron chi connectivity index (χ3n) is 1.97. The second kappa shape index (κ2) is 6.40. The van der Waals surface area contributed by atoms with Crippen LogP contribution in [0.3, 0.4) is 0 Å². The standard InChI is InChI=1S/C12H17NOS/c1-3-4-8-13-12-7-5-6-11(9-12)10-15(2)14/h3,5-7,9,13H,1,4,8,10H2,2H3/t15-/m1/s1. The van der Waals surface area contributed by atoms with Crippen LogP contribution in [0.15, 0.2) is 36.9 Å². The minimum atomic E-state index is -0.776. The first kappa shape index (κ1) is 12.0. The van der Waals surface area contributed by atoms with E-state index in [1.54, 1.807) is 6.26 Å². The summed E-state index contributed by atoms with van der Waals surface area (Å²) in [6.45, 7) is 4.56. The Morgan fingerprint density at radius 1 is 1.53 bits per heavy atom. The third kappa shape index (κ3) is 4.79. The molecule has 0 saturated carbocycles. The highest BCUT2D eigenvalue weighted by Gasteiger charge is 1.97. The van der Waals surface area contributed by atoms with Crippen molar-refractivity contribution in [2.24, 2.45) is 0 Å². The molecule has 0 amide bonds. The molecule has 0 saturated heterocycles. The van der Waals surface area contributed by atoms with Gasteiger partial charge in [-0.1, -0.05) is 18.2 Å². The second-order valence-electron chi connectivity index (χ2n) is 3.42. The molecule has 0 radical (unpaired) electrons. The summed E-state index contributed by atoms with van der Waals surface area (Å²) in [4.78, 5) is 0. The zero-order valence-electron chi connectivity index (χ0n) is 9.03. The largest absolute Gasteiger partial charge is 0.385 e. The van der Waals surface area contributed by atoms with Crippen LogP contribution in [0.5, 0.6) is 0 Å². The molecule has 0 fully saturated rings. The molecule has 0 unspecified atom stereocenters. The number of rotatable bonds is 6. The van der Waals surface area contributed by atoms with Crippen molar-refractivity contribution in [3.63, 3.8) is 0 Å². The van der Waals surface area contributed by atoms with Crippen molar-refractivity contribution in [1.82, 2.24) is 0 Å². The Morgan fingerprint density at radius 3 is 3.00 bits per heavy atom. The Kier molecular flexibility index (Phi) is 5.12. The maximum Gasteiger partial charge on any atom is 0.0483 e. The number of hydrogen-bond donors (Lipinski definition) is 1. The van der Waals surface area contributed by atoms with Crippen LogP contribution in [-0.4, -0.2) is 17.0 Å². The van der Waals surface area contributed by atoms with Crippen molar-refractivity contribution >= 4 is 16.5 Å². The molecular formula is C12H17NOS. The number of nitrogens with one attached hydrogen (secondary N) is 1. The Labute approximate surface area is 93.9 Å². The first-order valence-corrected chi connectivity index (χ1v) is 6.69. The predicted molar refractivity (Wildman–Crippen MR) is 67.5 cm³/mol. The van der Waals surface area contributed by atoms with Gasteiger partial charge in [0.15, 0.2) is 0 Å². The topological polar surface area (TPSA) is 29.1 Å². The molecule has 82 valence electrons. The van der Waals surface area contributed by atoms with Crippen molar-refractivity contribution < 1.29 is 4.21 Å². The molecule has 3 heteroatoms. The molecule has 0 aliphatic carbocycles. The van der Waals surface area contributed by atoms with Crippen LogP contribution in [0.25, 0.3) is 0 Å². The van der Waals surface area contributed by atoms with Crippen LogP contribution in [0.2, 0.25) is 0 Å². The van der Waals surface area contributed by atoms with E-state index in [2.05, 4.69) is 11.9 Å². The van der Waals surface area contributed by atoms with E-state index in [0.29, 0.717) is 5.75 Å². The molecule has 1 atom stereocenters.